The molecule has 4 rings (SSSR count). The Morgan fingerprint density at radius 3 is 2.15 bits per heavy atom. The average molecular weight is 360 g/mol. The van der Waals surface area contributed by atoms with E-state index >= 15 is 0 Å². The van der Waals surface area contributed by atoms with E-state index in [4.69, 9.17) is 4.74 Å². The molecule has 142 valence electrons. The van der Waals surface area contributed by atoms with E-state index in [9.17, 15) is 9.59 Å². The van der Waals surface area contributed by atoms with Crippen LogP contribution >= 0.6 is 0 Å². The quantitative estimate of drug-likeness (QED) is 0.805. The van der Waals surface area contributed by atoms with Crippen LogP contribution in [0.1, 0.15) is 65.3 Å². The lowest BCUT2D eigenvalue weighted by atomic mass is 10.1. The summed E-state index contributed by atoms with van der Waals surface area (Å²) in [6, 6.07) is 0. The molecule has 1 aromatic rings. The third-order valence-electron chi connectivity index (χ3n) is 5.70. The molecule has 0 radical (unpaired) electrons. The van der Waals surface area contributed by atoms with Crippen LogP contribution in [0, 0.1) is 0 Å². The summed E-state index contributed by atoms with van der Waals surface area (Å²) in [6.45, 7) is 4.72. The normalized spacial score (nSPS) is 21.2. The Kier molecular flexibility index (Phi) is 5.24. The van der Waals surface area contributed by atoms with Crippen LogP contribution in [0.15, 0.2) is 0 Å². The zero-order chi connectivity index (χ0) is 17.9. The molecule has 3 aliphatic heterocycles. The fourth-order valence-corrected chi connectivity index (χ4v) is 4.21. The van der Waals surface area contributed by atoms with Gasteiger partial charge in [0, 0.05) is 32.7 Å². The second kappa shape index (κ2) is 7.78. The van der Waals surface area contributed by atoms with Gasteiger partial charge in [-0.25, -0.2) is 4.98 Å². The molecule has 2 fully saturated rings. The molecule has 1 aromatic heterocycles. The van der Waals surface area contributed by atoms with Crippen LogP contribution in [-0.4, -0.2) is 70.6 Å². The largest absolute Gasteiger partial charge is 0.378 e. The fraction of sp³-hybridized carbons (Fsp3) is 0.737. The van der Waals surface area contributed by atoms with Crippen LogP contribution in [0.2, 0.25) is 0 Å². The van der Waals surface area contributed by atoms with Gasteiger partial charge >= 0.3 is 0 Å². The molecule has 0 aromatic carbocycles. The van der Waals surface area contributed by atoms with E-state index in [0.717, 1.165) is 57.4 Å². The number of hydrogen-bond acceptors (Lipinski definition) is 4. The first kappa shape index (κ1) is 17.5. The summed E-state index contributed by atoms with van der Waals surface area (Å²) in [7, 11) is 0. The molecule has 4 heterocycles. The Morgan fingerprint density at radius 1 is 0.769 bits per heavy atom. The van der Waals surface area contributed by atoms with Crippen molar-refractivity contribution in [1.82, 2.24) is 19.4 Å². The number of likely N-dealkylation sites (tertiary alicyclic amines) is 1. The van der Waals surface area contributed by atoms with E-state index < -0.39 is 0 Å². The highest BCUT2D eigenvalue weighted by molar-refractivity contribution is 5.97. The van der Waals surface area contributed by atoms with E-state index in [1.54, 1.807) is 0 Å². The number of carbonyl (C=O) groups excluding carboxylic acids is 2. The van der Waals surface area contributed by atoms with Crippen molar-refractivity contribution in [2.45, 2.75) is 51.5 Å². The van der Waals surface area contributed by atoms with Crippen molar-refractivity contribution in [3.8, 4) is 0 Å². The average Bonchev–Trinajstić information content (AvgIpc) is 2.87. The predicted molar refractivity (Wildman–Crippen MR) is 96.3 cm³/mol. The van der Waals surface area contributed by atoms with Gasteiger partial charge in [0.2, 0.25) is 0 Å². The Bertz CT molecular complexity index is 671. The molecular weight excluding hydrogens is 332 g/mol. The van der Waals surface area contributed by atoms with E-state index in [1.165, 1.54) is 12.8 Å². The maximum atomic E-state index is 13.1. The molecule has 0 N–H and O–H groups in total. The Hall–Kier alpha value is -1.89. The van der Waals surface area contributed by atoms with Crippen LogP contribution in [0.4, 0.5) is 0 Å². The third-order valence-corrected chi connectivity index (χ3v) is 5.70. The van der Waals surface area contributed by atoms with E-state index in [2.05, 4.69) is 4.98 Å². The van der Waals surface area contributed by atoms with Crippen molar-refractivity contribution in [3.05, 3.63) is 17.2 Å². The van der Waals surface area contributed by atoms with Crippen molar-refractivity contribution in [3.63, 3.8) is 0 Å². The fourth-order valence-electron chi connectivity index (χ4n) is 4.21. The van der Waals surface area contributed by atoms with Gasteiger partial charge in [0.1, 0.15) is 5.69 Å². The molecule has 0 bridgehead atoms. The van der Waals surface area contributed by atoms with Gasteiger partial charge in [-0.3, -0.25) is 9.59 Å². The van der Waals surface area contributed by atoms with Crippen LogP contribution < -0.4 is 0 Å². The molecule has 7 heteroatoms. The van der Waals surface area contributed by atoms with Gasteiger partial charge in [-0.1, -0.05) is 12.8 Å². The Morgan fingerprint density at radius 2 is 1.42 bits per heavy atom. The van der Waals surface area contributed by atoms with Crippen molar-refractivity contribution in [2.24, 2.45) is 0 Å². The van der Waals surface area contributed by atoms with Crippen LogP contribution in [-0.2, 0) is 17.7 Å². The number of rotatable bonds is 2. The van der Waals surface area contributed by atoms with Crippen molar-refractivity contribution < 1.29 is 14.3 Å². The molecule has 7 nitrogen and oxygen atoms in total. The maximum Gasteiger partial charge on any atom is 0.289 e. The van der Waals surface area contributed by atoms with Gasteiger partial charge in [0.15, 0.2) is 5.82 Å². The summed E-state index contributed by atoms with van der Waals surface area (Å²) in [4.78, 5) is 34.5. The summed E-state index contributed by atoms with van der Waals surface area (Å²) in [6.07, 6.45) is 7.39. The Balaban J connectivity index is 1.63. The molecule has 0 atom stereocenters. The standard InChI is InChI=1S/C19H28N4O3/c24-18(22-11-13-26-14-12-22)16-15-7-3-6-10-23(15)17(20-16)19(25)21-8-4-1-2-5-9-21/h1-14H2. The second-order valence-corrected chi connectivity index (χ2v) is 7.45. The first-order valence-corrected chi connectivity index (χ1v) is 10.0. The minimum atomic E-state index is -0.0473. The number of imidazole rings is 1. The first-order chi connectivity index (χ1) is 12.8. The number of amides is 2. The van der Waals surface area contributed by atoms with Gasteiger partial charge in [-0.15, -0.1) is 0 Å². The smallest absolute Gasteiger partial charge is 0.289 e. The van der Waals surface area contributed by atoms with Gasteiger partial charge < -0.3 is 19.1 Å². The number of fused-ring (bicyclic) bond motifs is 1. The summed E-state index contributed by atoms with van der Waals surface area (Å²) < 4.78 is 7.37. The van der Waals surface area contributed by atoms with Gasteiger partial charge in [0.25, 0.3) is 11.8 Å². The zero-order valence-electron chi connectivity index (χ0n) is 15.4. The van der Waals surface area contributed by atoms with E-state index in [0.29, 0.717) is 37.8 Å². The first-order valence-electron chi connectivity index (χ1n) is 10.0. The summed E-state index contributed by atoms with van der Waals surface area (Å²) >= 11 is 0. The zero-order valence-corrected chi connectivity index (χ0v) is 15.4. The van der Waals surface area contributed by atoms with Gasteiger partial charge in [-0.05, 0) is 32.1 Å². The number of morpholine rings is 1. The van der Waals surface area contributed by atoms with Crippen molar-refractivity contribution in [2.75, 3.05) is 39.4 Å². The predicted octanol–water partition coefficient (Wildman–Crippen LogP) is 1.71. The number of aromatic nitrogens is 2. The summed E-state index contributed by atoms with van der Waals surface area (Å²) in [5, 5.41) is 0. The molecule has 0 spiro atoms. The molecule has 26 heavy (non-hydrogen) atoms. The molecule has 2 saturated heterocycles. The van der Waals surface area contributed by atoms with Crippen molar-refractivity contribution >= 4 is 11.8 Å². The lowest BCUT2D eigenvalue weighted by Crippen LogP contribution is -2.41. The monoisotopic (exact) mass is 360 g/mol. The lowest BCUT2D eigenvalue weighted by molar-refractivity contribution is 0.0298. The minimum absolute atomic E-state index is 0.00363. The van der Waals surface area contributed by atoms with Crippen molar-refractivity contribution in [1.29, 1.82) is 0 Å². The van der Waals surface area contributed by atoms with Gasteiger partial charge in [0.05, 0.1) is 18.9 Å². The number of carbonyl (C=O) groups is 2. The van der Waals surface area contributed by atoms with Crippen LogP contribution in [0.25, 0.3) is 0 Å². The van der Waals surface area contributed by atoms with E-state index in [-0.39, 0.29) is 11.8 Å². The Labute approximate surface area is 154 Å². The molecular formula is C19H28N4O3. The lowest BCUT2D eigenvalue weighted by Gasteiger charge is -2.26. The highest BCUT2D eigenvalue weighted by Gasteiger charge is 2.32. The molecule has 3 aliphatic rings. The molecule has 0 aliphatic carbocycles. The summed E-state index contributed by atoms with van der Waals surface area (Å²) in [5.41, 5.74) is 1.44. The molecule has 2 amide bonds. The van der Waals surface area contributed by atoms with Crippen LogP contribution in [0.3, 0.4) is 0 Å². The number of nitrogens with zero attached hydrogens (tertiary/aromatic N) is 4. The number of hydrogen-bond donors (Lipinski definition) is 0. The number of ether oxygens (including phenoxy) is 1. The molecule has 0 saturated carbocycles. The van der Waals surface area contributed by atoms with Gasteiger partial charge in [-0.2, -0.15) is 0 Å². The highest BCUT2D eigenvalue weighted by atomic mass is 16.5. The maximum absolute atomic E-state index is 13.1. The molecule has 0 unspecified atom stereocenters. The topological polar surface area (TPSA) is 67.7 Å². The summed E-state index contributed by atoms with van der Waals surface area (Å²) in [5.74, 6) is 0.420. The third kappa shape index (κ3) is 3.37. The highest BCUT2D eigenvalue weighted by Crippen LogP contribution is 2.24. The van der Waals surface area contributed by atoms with Crippen LogP contribution in [0.5, 0.6) is 0 Å². The van der Waals surface area contributed by atoms with E-state index in [1.807, 2.05) is 14.4 Å². The SMILES string of the molecule is O=C(c1nc(C(=O)N2CCCCCC2)n2c1CCCC2)N1CCOCC1. The second-order valence-electron chi connectivity index (χ2n) is 7.45. The minimum Gasteiger partial charge on any atom is -0.378 e.